The SMILES string of the molecule is CN1CC2CC1CN2c1ccc(Nc2ncc3c(=O)n(C)c(=O)n(-c4ccccc4)c3n2)nc1. The van der Waals surface area contributed by atoms with Crippen LogP contribution in [0.5, 0.6) is 0 Å². The Bertz CT molecular complexity index is 1490. The van der Waals surface area contributed by atoms with Gasteiger partial charge in [-0.05, 0) is 37.7 Å². The van der Waals surface area contributed by atoms with Crippen LogP contribution in [0, 0.1) is 0 Å². The first-order chi connectivity index (χ1) is 16.5. The number of anilines is 3. The van der Waals surface area contributed by atoms with E-state index in [4.69, 9.17) is 0 Å². The second kappa shape index (κ2) is 7.77. The number of likely N-dealkylation sites (tertiary alicyclic amines) is 1. The number of likely N-dealkylation sites (N-methyl/N-ethyl adjacent to an activating group) is 1. The monoisotopic (exact) mass is 456 g/mol. The van der Waals surface area contributed by atoms with Gasteiger partial charge < -0.3 is 10.2 Å². The van der Waals surface area contributed by atoms with Crippen molar-refractivity contribution < 1.29 is 0 Å². The third-order valence-electron chi connectivity index (χ3n) is 6.84. The number of hydrogen-bond acceptors (Lipinski definition) is 8. The van der Waals surface area contributed by atoms with E-state index < -0.39 is 11.2 Å². The van der Waals surface area contributed by atoms with Gasteiger partial charge in [-0.15, -0.1) is 0 Å². The van der Waals surface area contributed by atoms with Crippen molar-refractivity contribution in [3.05, 3.63) is 75.7 Å². The number of nitrogens with one attached hydrogen (secondary N) is 1. The van der Waals surface area contributed by atoms with Gasteiger partial charge in [-0.3, -0.25) is 14.3 Å². The van der Waals surface area contributed by atoms with Crippen LogP contribution in [0.15, 0.2) is 64.4 Å². The molecule has 1 N–H and O–H groups in total. The summed E-state index contributed by atoms with van der Waals surface area (Å²) in [6.45, 7) is 2.10. The van der Waals surface area contributed by atoms with E-state index in [1.54, 1.807) is 12.1 Å². The summed E-state index contributed by atoms with van der Waals surface area (Å²) in [6, 6.07) is 14.2. The van der Waals surface area contributed by atoms with Crippen molar-refractivity contribution in [2.45, 2.75) is 18.5 Å². The van der Waals surface area contributed by atoms with Crippen LogP contribution in [-0.4, -0.2) is 61.2 Å². The topological polar surface area (TPSA) is 101 Å². The average Bonchev–Trinajstić information content (AvgIpc) is 3.44. The van der Waals surface area contributed by atoms with E-state index >= 15 is 0 Å². The molecule has 0 amide bonds. The molecule has 1 aromatic carbocycles. The summed E-state index contributed by atoms with van der Waals surface area (Å²) in [5.41, 5.74) is 1.05. The maximum Gasteiger partial charge on any atom is 0.337 e. The number of rotatable bonds is 4. The maximum absolute atomic E-state index is 12.9. The van der Waals surface area contributed by atoms with Gasteiger partial charge in [-0.2, -0.15) is 4.98 Å². The molecule has 34 heavy (non-hydrogen) atoms. The van der Waals surface area contributed by atoms with Crippen molar-refractivity contribution in [2.24, 2.45) is 7.05 Å². The van der Waals surface area contributed by atoms with E-state index in [-0.39, 0.29) is 17.0 Å². The lowest BCUT2D eigenvalue weighted by molar-refractivity contribution is 0.292. The zero-order valence-corrected chi connectivity index (χ0v) is 18.9. The molecule has 0 spiro atoms. The van der Waals surface area contributed by atoms with E-state index in [9.17, 15) is 9.59 Å². The Labute approximate surface area is 195 Å². The lowest BCUT2D eigenvalue weighted by Gasteiger charge is -2.33. The molecule has 2 fully saturated rings. The van der Waals surface area contributed by atoms with E-state index in [0.717, 1.165) is 23.3 Å². The summed E-state index contributed by atoms with van der Waals surface area (Å²) in [7, 11) is 3.63. The fraction of sp³-hybridized carbons (Fsp3) is 0.292. The summed E-state index contributed by atoms with van der Waals surface area (Å²) in [4.78, 5) is 43.8. The Kier molecular flexibility index (Phi) is 4.70. The molecule has 5 heterocycles. The molecule has 172 valence electrons. The molecule has 10 nitrogen and oxygen atoms in total. The Morgan fingerprint density at radius 2 is 1.74 bits per heavy atom. The van der Waals surface area contributed by atoms with Crippen molar-refractivity contribution >= 4 is 28.5 Å². The minimum atomic E-state index is -0.471. The van der Waals surface area contributed by atoms with Gasteiger partial charge in [0.1, 0.15) is 11.2 Å². The molecule has 2 saturated heterocycles. The lowest BCUT2D eigenvalue weighted by Crippen LogP contribution is -2.44. The van der Waals surface area contributed by atoms with Crippen LogP contribution in [-0.2, 0) is 7.05 Å². The minimum absolute atomic E-state index is 0.241. The molecular formula is C24H24N8O2. The third kappa shape index (κ3) is 3.26. The number of pyridine rings is 1. The van der Waals surface area contributed by atoms with Crippen molar-refractivity contribution in [1.29, 1.82) is 0 Å². The predicted molar refractivity (Wildman–Crippen MR) is 130 cm³/mol. The quantitative estimate of drug-likeness (QED) is 0.493. The van der Waals surface area contributed by atoms with Gasteiger partial charge in [0.25, 0.3) is 5.56 Å². The lowest BCUT2D eigenvalue weighted by atomic mass is 10.2. The van der Waals surface area contributed by atoms with Crippen molar-refractivity contribution in [2.75, 3.05) is 30.4 Å². The number of benzene rings is 1. The largest absolute Gasteiger partial charge is 0.364 e. The summed E-state index contributed by atoms with van der Waals surface area (Å²) in [5.74, 6) is 0.842. The Morgan fingerprint density at radius 1 is 0.912 bits per heavy atom. The highest BCUT2D eigenvalue weighted by molar-refractivity contribution is 5.76. The molecule has 2 bridgehead atoms. The Balaban J connectivity index is 1.34. The van der Waals surface area contributed by atoms with Crippen LogP contribution in [0.25, 0.3) is 16.7 Å². The zero-order valence-electron chi connectivity index (χ0n) is 18.9. The molecule has 0 radical (unpaired) electrons. The van der Waals surface area contributed by atoms with Gasteiger partial charge in [0.15, 0.2) is 5.65 Å². The molecule has 10 heteroatoms. The molecule has 2 atom stereocenters. The second-order valence-electron chi connectivity index (χ2n) is 8.91. The molecular weight excluding hydrogens is 432 g/mol. The van der Waals surface area contributed by atoms with Crippen LogP contribution in [0.1, 0.15) is 6.42 Å². The van der Waals surface area contributed by atoms with Gasteiger partial charge in [0.05, 0.1) is 17.6 Å². The van der Waals surface area contributed by atoms with Gasteiger partial charge in [0, 0.05) is 38.4 Å². The van der Waals surface area contributed by atoms with Crippen molar-refractivity contribution in [3.8, 4) is 5.69 Å². The van der Waals surface area contributed by atoms with Gasteiger partial charge in [-0.1, -0.05) is 18.2 Å². The number of para-hydroxylation sites is 1. The highest BCUT2D eigenvalue weighted by Crippen LogP contribution is 2.33. The molecule has 0 aliphatic carbocycles. The van der Waals surface area contributed by atoms with Gasteiger partial charge in [0.2, 0.25) is 5.95 Å². The summed E-state index contributed by atoms with van der Waals surface area (Å²) in [6.07, 6.45) is 4.50. The van der Waals surface area contributed by atoms with Gasteiger partial charge >= 0.3 is 5.69 Å². The molecule has 0 saturated carbocycles. The average molecular weight is 457 g/mol. The molecule has 4 aromatic rings. The second-order valence-corrected chi connectivity index (χ2v) is 8.91. The molecule has 6 rings (SSSR count). The Hall–Kier alpha value is -4.05. The van der Waals surface area contributed by atoms with Crippen LogP contribution in [0.4, 0.5) is 17.5 Å². The normalized spacial score (nSPS) is 19.8. The molecule has 3 aromatic heterocycles. The van der Waals surface area contributed by atoms with Gasteiger partial charge in [-0.25, -0.2) is 19.3 Å². The molecule has 2 aliphatic heterocycles. The molecule has 2 aliphatic rings. The minimum Gasteiger partial charge on any atom is -0.364 e. The summed E-state index contributed by atoms with van der Waals surface area (Å²) in [5, 5.41) is 3.36. The summed E-state index contributed by atoms with van der Waals surface area (Å²) >= 11 is 0. The van der Waals surface area contributed by atoms with Crippen LogP contribution in [0.2, 0.25) is 0 Å². The van der Waals surface area contributed by atoms with Crippen LogP contribution >= 0.6 is 0 Å². The maximum atomic E-state index is 12.9. The number of nitrogens with zero attached hydrogens (tertiary/aromatic N) is 7. The van der Waals surface area contributed by atoms with Crippen LogP contribution in [0.3, 0.4) is 0 Å². The standard InChI is InChI=1S/C24H24N8O2/c1-29-13-18-10-17(29)14-31(18)16-8-9-20(25-11-16)27-23-26-12-19-21(28-23)32(15-6-4-3-5-7-15)24(34)30(2)22(19)33/h3-9,11-12,17-18H,10,13-14H2,1-2H3,(H,25,26,27,28). The van der Waals surface area contributed by atoms with E-state index in [2.05, 4.69) is 37.1 Å². The number of fused-ring (bicyclic) bond motifs is 3. The van der Waals surface area contributed by atoms with Crippen LogP contribution < -0.4 is 21.5 Å². The van der Waals surface area contributed by atoms with Crippen molar-refractivity contribution in [3.63, 3.8) is 0 Å². The number of piperazine rings is 1. The first-order valence-corrected chi connectivity index (χ1v) is 11.2. The number of hydrogen-bond donors (Lipinski definition) is 1. The van der Waals surface area contributed by atoms with Crippen molar-refractivity contribution in [1.82, 2.24) is 29.0 Å². The zero-order chi connectivity index (χ0) is 23.4. The first kappa shape index (κ1) is 20.5. The highest BCUT2D eigenvalue weighted by atomic mass is 16.2. The van der Waals surface area contributed by atoms with E-state index in [1.807, 2.05) is 36.5 Å². The smallest absolute Gasteiger partial charge is 0.337 e. The first-order valence-electron chi connectivity index (χ1n) is 11.2. The fourth-order valence-corrected chi connectivity index (χ4v) is 5.00. The fourth-order valence-electron chi connectivity index (χ4n) is 5.00. The van der Waals surface area contributed by atoms with E-state index in [0.29, 0.717) is 23.6 Å². The third-order valence-corrected chi connectivity index (χ3v) is 6.84. The summed E-state index contributed by atoms with van der Waals surface area (Å²) < 4.78 is 2.48. The Morgan fingerprint density at radius 3 is 2.41 bits per heavy atom. The predicted octanol–water partition coefficient (Wildman–Crippen LogP) is 1.51. The van der Waals surface area contributed by atoms with E-state index in [1.165, 1.54) is 24.2 Å². The number of aromatic nitrogens is 5. The highest BCUT2D eigenvalue weighted by Gasteiger charge is 2.41. The molecule has 2 unspecified atom stereocenters.